The number of amides is 1. The van der Waals surface area contributed by atoms with E-state index in [0.717, 1.165) is 24.7 Å². The lowest BCUT2D eigenvalue weighted by Gasteiger charge is -2.22. The third-order valence-corrected chi connectivity index (χ3v) is 5.77. The highest BCUT2D eigenvalue weighted by molar-refractivity contribution is 7.88. The zero-order valence-electron chi connectivity index (χ0n) is 15.1. The molecule has 4 rings (SSSR count). The first kappa shape index (κ1) is 18.1. The summed E-state index contributed by atoms with van der Waals surface area (Å²) < 4.78 is 25.9. The van der Waals surface area contributed by atoms with Gasteiger partial charge in [0.05, 0.1) is 12.3 Å². The van der Waals surface area contributed by atoms with Gasteiger partial charge in [0.25, 0.3) is 0 Å². The molecule has 1 aliphatic heterocycles. The second-order valence-corrected chi connectivity index (χ2v) is 9.22. The lowest BCUT2D eigenvalue weighted by molar-refractivity contribution is -0.132. The number of benzene rings is 1. The summed E-state index contributed by atoms with van der Waals surface area (Å²) in [6.07, 6.45) is 4.32. The normalized spacial score (nSPS) is 22.9. The van der Waals surface area contributed by atoms with Crippen LogP contribution in [0.3, 0.4) is 0 Å². The van der Waals surface area contributed by atoms with Crippen LogP contribution >= 0.6 is 0 Å². The Kier molecular flexibility index (Phi) is 4.73. The molecule has 144 valence electrons. The molecule has 8 nitrogen and oxygen atoms in total. The molecule has 2 fully saturated rings. The largest absolute Gasteiger partial charge is 0.331 e. The summed E-state index contributed by atoms with van der Waals surface area (Å²) in [5, 5.41) is 7.24. The SMILES string of the molecule is CS(=O)(=O)N[C@H]1C[C@@H](c2nc(-c3ccccc3)n[nH]2)N(C(=O)CC2CC2)C1. The molecule has 1 aliphatic carbocycles. The zero-order valence-corrected chi connectivity index (χ0v) is 15.9. The van der Waals surface area contributed by atoms with Crippen molar-refractivity contribution in [2.75, 3.05) is 12.8 Å². The van der Waals surface area contributed by atoms with Crippen molar-refractivity contribution in [3.8, 4) is 11.4 Å². The standard InChI is InChI=1S/C18H23N5O3S/c1-27(25,26)22-14-10-15(23(11-14)16(24)9-12-7-8-12)18-19-17(20-21-18)13-5-3-2-4-6-13/h2-6,12,14-15,22H,7-11H2,1H3,(H,19,20,21)/t14-,15-/m0/s1. The van der Waals surface area contributed by atoms with Crippen molar-refractivity contribution < 1.29 is 13.2 Å². The van der Waals surface area contributed by atoms with Crippen molar-refractivity contribution in [1.29, 1.82) is 0 Å². The molecule has 1 amide bonds. The minimum Gasteiger partial charge on any atom is -0.331 e. The first-order valence-corrected chi connectivity index (χ1v) is 11.0. The number of nitrogens with zero attached hydrogens (tertiary/aromatic N) is 3. The lowest BCUT2D eigenvalue weighted by Crippen LogP contribution is -2.38. The Morgan fingerprint density at radius 2 is 2.04 bits per heavy atom. The predicted octanol–water partition coefficient (Wildman–Crippen LogP) is 1.46. The van der Waals surface area contributed by atoms with E-state index in [1.54, 1.807) is 4.90 Å². The predicted molar refractivity (Wildman–Crippen MR) is 100.0 cm³/mol. The van der Waals surface area contributed by atoms with Gasteiger partial charge in [0.2, 0.25) is 15.9 Å². The molecular formula is C18H23N5O3S. The maximum atomic E-state index is 12.8. The number of aromatic amines is 1. The molecule has 0 bridgehead atoms. The van der Waals surface area contributed by atoms with Gasteiger partial charge in [-0.1, -0.05) is 30.3 Å². The molecule has 1 aromatic carbocycles. The van der Waals surface area contributed by atoms with Crippen LogP contribution in [0, 0.1) is 5.92 Å². The number of hydrogen-bond donors (Lipinski definition) is 2. The number of rotatable bonds is 6. The van der Waals surface area contributed by atoms with Gasteiger partial charge in [0.15, 0.2) is 5.82 Å². The van der Waals surface area contributed by atoms with Crippen LogP contribution in [0.5, 0.6) is 0 Å². The van der Waals surface area contributed by atoms with E-state index in [2.05, 4.69) is 19.9 Å². The van der Waals surface area contributed by atoms with Gasteiger partial charge in [0, 0.05) is 24.6 Å². The number of hydrogen-bond acceptors (Lipinski definition) is 5. The smallest absolute Gasteiger partial charge is 0.223 e. The number of carbonyl (C=O) groups is 1. The third-order valence-electron chi connectivity index (χ3n) is 5.01. The zero-order chi connectivity index (χ0) is 19.0. The summed E-state index contributed by atoms with van der Waals surface area (Å²) in [5.74, 6) is 1.68. The Hall–Kier alpha value is -2.26. The highest BCUT2D eigenvalue weighted by Gasteiger charge is 2.40. The van der Waals surface area contributed by atoms with Gasteiger partial charge < -0.3 is 4.90 Å². The van der Waals surface area contributed by atoms with E-state index >= 15 is 0 Å². The van der Waals surface area contributed by atoms with E-state index in [0.29, 0.717) is 37.0 Å². The van der Waals surface area contributed by atoms with Crippen molar-refractivity contribution in [3.63, 3.8) is 0 Å². The highest BCUT2D eigenvalue weighted by Crippen LogP contribution is 2.37. The molecular weight excluding hydrogens is 366 g/mol. The molecule has 2 atom stereocenters. The third kappa shape index (κ3) is 4.36. The molecule has 27 heavy (non-hydrogen) atoms. The molecule has 2 aliphatic rings. The van der Waals surface area contributed by atoms with Crippen LogP contribution in [-0.2, 0) is 14.8 Å². The van der Waals surface area contributed by atoms with Crippen LogP contribution < -0.4 is 4.72 Å². The molecule has 1 aromatic heterocycles. The van der Waals surface area contributed by atoms with Crippen molar-refractivity contribution in [2.45, 2.75) is 37.8 Å². The summed E-state index contributed by atoms with van der Waals surface area (Å²) in [7, 11) is -3.34. The van der Waals surface area contributed by atoms with Gasteiger partial charge in [-0.2, -0.15) is 5.10 Å². The summed E-state index contributed by atoms with van der Waals surface area (Å²) in [6.45, 7) is 0.352. The monoisotopic (exact) mass is 389 g/mol. The Balaban J connectivity index is 1.57. The summed E-state index contributed by atoms with van der Waals surface area (Å²) >= 11 is 0. The minimum atomic E-state index is -3.34. The van der Waals surface area contributed by atoms with E-state index in [1.165, 1.54) is 0 Å². The average molecular weight is 389 g/mol. The highest BCUT2D eigenvalue weighted by atomic mass is 32.2. The van der Waals surface area contributed by atoms with Crippen LogP contribution in [0.15, 0.2) is 30.3 Å². The van der Waals surface area contributed by atoms with Crippen molar-refractivity contribution in [3.05, 3.63) is 36.2 Å². The topological polar surface area (TPSA) is 108 Å². The molecule has 2 aromatic rings. The van der Waals surface area contributed by atoms with Gasteiger partial charge in [-0.3, -0.25) is 9.89 Å². The number of likely N-dealkylation sites (tertiary alicyclic amines) is 1. The van der Waals surface area contributed by atoms with Crippen LogP contribution in [0.1, 0.15) is 37.5 Å². The molecule has 2 N–H and O–H groups in total. The molecule has 0 spiro atoms. The molecule has 0 unspecified atom stereocenters. The van der Waals surface area contributed by atoms with Crippen LogP contribution in [0.4, 0.5) is 0 Å². The van der Waals surface area contributed by atoms with E-state index in [9.17, 15) is 13.2 Å². The molecule has 0 radical (unpaired) electrons. The average Bonchev–Trinajstić information content (AvgIpc) is 3.14. The van der Waals surface area contributed by atoms with Crippen LogP contribution in [-0.4, -0.2) is 53.2 Å². The molecule has 2 heterocycles. The van der Waals surface area contributed by atoms with Crippen molar-refractivity contribution >= 4 is 15.9 Å². The van der Waals surface area contributed by atoms with E-state index < -0.39 is 10.0 Å². The van der Waals surface area contributed by atoms with Gasteiger partial charge in [-0.05, 0) is 25.2 Å². The van der Waals surface area contributed by atoms with Crippen LogP contribution in [0.2, 0.25) is 0 Å². The number of H-pyrrole nitrogens is 1. The van der Waals surface area contributed by atoms with Gasteiger partial charge in [-0.15, -0.1) is 0 Å². The fraction of sp³-hybridized carbons (Fsp3) is 0.500. The Bertz CT molecular complexity index is 923. The van der Waals surface area contributed by atoms with Gasteiger partial charge >= 0.3 is 0 Å². The number of sulfonamides is 1. The van der Waals surface area contributed by atoms with E-state index in [1.807, 2.05) is 30.3 Å². The Labute approximate surface area is 158 Å². The first-order chi connectivity index (χ1) is 12.9. The number of carbonyl (C=O) groups excluding carboxylic acids is 1. The fourth-order valence-electron chi connectivity index (χ4n) is 3.58. The minimum absolute atomic E-state index is 0.0537. The number of nitrogens with one attached hydrogen (secondary N) is 2. The first-order valence-electron chi connectivity index (χ1n) is 9.13. The molecule has 1 saturated heterocycles. The summed E-state index contributed by atoms with van der Waals surface area (Å²) in [5.41, 5.74) is 0.889. The number of aromatic nitrogens is 3. The van der Waals surface area contributed by atoms with E-state index in [4.69, 9.17) is 0 Å². The van der Waals surface area contributed by atoms with Gasteiger partial charge in [0.1, 0.15) is 5.82 Å². The van der Waals surface area contributed by atoms with Crippen molar-refractivity contribution in [1.82, 2.24) is 24.8 Å². The Morgan fingerprint density at radius 1 is 1.30 bits per heavy atom. The van der Waals surface area contributed by atoms with Crippen LogP contribution in [0.25, 0.3) is 11.4 Å². The maximum absolute atomic E-state index is 12.8. The fourth-order valence-corrected chi connectivity index (χ4v) is 4.36. The second kappa shape index (κ2) is 7.05. The maximum Gasteiger partial charge on any atom is 0.223 e. The summed E-state index contributed by atoms with van der Waals surface area (Å²) in [6, 6.07) is 8.97. The van der Waals surface area contributed by atoms with Crippen molar-refractivity contribution in [2.24, 2.45) is 5.92 Å². The van der Waals surface area contributed by atoms with E-state index in [-0.39, 0.29) is 18.0 Å². The molecule has 9 heteroatoms. The summed E-state index contributed by atoms with van der Waals surface area (Å²) in [4.78, 5) is 19.1. The Morgan fingerprint density at radius 3 is 2.70 bits per heavy atom. The second-order valence-electron chi connectivity index (χ2n) is 7.44. The molecule has 1 saturated carbocycles. The lowest BCUT2D eigenvalue weighted by atomic mass is 10.1. The van der Waals surface area contributed by atoms with Gasteiger partial charge in [-0.25, -0.2) is 18.1 Å². The quantitative estimate of drug-likeness (QED) is 0.778.